The molecule has 0 unspecified atom stereocenters. The maximum atomic E-state index is 11.2. The Kier molecular flexibility index (Phi) is 3.55. The van der Waals surface area contributed by atoms with E-state index in [1.807, 2.05) is 24.3 Å². The number of primary amides is 2. The number of anilines is 1. The number of rotatable bonds is 4. The molecule has 0 aromatic heterocycles. The van der Waals surface area contributed by atoms with Crippen molar-refractivity contribution >= 4 is 17.5 Å². The smallest absolute Gasteiger partial charge is 0.248 e. The summed E-state index contributed by atoms with van der Waals surface area (Å²) in [5, 5.41) is 0. The van der Waals surface area contributed by atoms with Crippen molar-refractivity contribution in [3.8, 4) is 0 Å². The summed E-state index contributed by atoms with van der Waals surface area (Å²) >= 11 is 0. The Balaban J connectivity index is 1.79. The van der Waals surface area contributed by atoms with Gasteiger partial charge in [-0.05, 0) is 47.9 Å². The molecule has 2 aromatic rings. The lowest BCUT2D eigenvalue weighted by Gasteiger charge is -2.19. The van der Waals surface area contributed by atoms with Crippen LogP contribution in [0.15, 0.2) is 42.5 Å². The first-order valence-electron chi connectivity index (χ1n) is 7.11. The average molecular weight is 295 g/mol. The van der Waals surface area contributed by atoms with Crippen molar-refractivity contribution in [2.45, 2.75) is 13.0 Å². The third-order valence-electron chi connectivity index (χ3n) is 3.97. The van der Waals surface area contributed by atoms with Gasteiger partial charge in [-0.15, -0.1) is 0 Å². The molecule has 5 nitrogen and oxygen atoms in total. The van der Waals surface area contributed by atoms with Crippen LogP contribution in [0.5, 0.6) is 0 Å². The molecular formula is C17H17N3O2. The van der Waals surface area contributed by atoms with Gasteiger partial charge in [-0.1, -0.05) is 12.1 Å². The van der Waals surface area contributed by atoms with Gasteiger partial charge in [0.1, 0.15) is 0 Å². The first kappa shape index (κ1) is 14.1. The Hall–Kier alpha value is -2.82. The van der Waals surface area contributed by atoms with E-state index < -0.39 is 11.8 Å². The van der Waals surface area contributed by atoms with Gasteiger partial charge in [-0.25, -0.2) is 0 Å². The zero-order chi connectivity index (χ0) is 15.7. The lowest BCUT2D eigenvalue weighted by Crippen LogP contribution is -2.20. The van der Waals surface area contributed by atoms with Crippen molar-refractivity contribution < 1.29 is 9.59 Å². The maximum Gasteiger partial charge on any atom is 0.248 e. The Morgan fingerprint density at radius 1 is 0.955 bits per heavy atom. The maximum absolute atomic E-state index is 11.2. The van der Waals surface area contributed by atoms with Crippen LogP contribution in [0.4, 0.5) is 5.69 Å². The van der Waals surface area contributed by atoms with Gasteiger partial charge >= 0.3 is 0 Å². The fourth-order valence-corrected chi connectivity index (χ4v) is 2.78. The topological polar surface area (TPSA) is 89.4 Å². The van der Waals surface area contributed by atoms with Crippen molar-refractivity contribution in [2.75, 3.05) is 11.4 Å². The summed E-state index contributed by atoms with van der Waals surface area (Å²) in [5.74, 6) is -0.819. The van der Waals surface area contributed by atoms with Gasteiger partial charge in [-0.2, -0.15) is 0 Å². The minimum atomic E-state index is -0.419. The second-order valence-electron chi connectivity index (χ2n) is 5.44. The SMILES string of the molecule is NC(=O)c1ccc(CN2CCc3cc(C(N)=O)ccc32)cc1. The van der Waals surface area contributed by atoms with E-state index in [1.165, 1.54) is 0 Å². The van der Waals surface area contributed by atoms with E-state index in [2.05, 4.69) is 4.90 Å². The molecule has 5 heteroatoms. The number of amides is 2. The van der Waals surface area contributed by atoms with Crippen LogP contribution in [0.25, 0.3) is 0 Å². The summed E-state index contributed by atoms with van der Waals surface area (Å²) < 4.78 is 0. The van der Waals surface area contributed by atoms with Gasteiger partial charge in [-0.3, -0.25) is 9.59 Å². The highest BCUT2D eigenvalue weighted by Gasteiger charge is 2.20. The van der Waals surface area contributed by atoms with Gasteiger partial charge in [0.2, 0.25) is 11.8 Å². The van der Waals surface area contributed by atoms with Crippen molar-refractivity contribution in [2.24, 2.45) is 11.5 Å². The quantitative estimate of drug-likeness (QED) is 0.894. The van der Waals surface area contributed by atoms with Crippen molar-refractivity contribution in [3.63, 3.8) is 0 Å². The number of carbonyl (C=O) groups is 2. The molecule has 1 heterocycles. The fraction of sp³-hybridized carbons (Fsp3) is 0.176. The number of nitrogens with zero attached hydrogens (tertiary/aromatic N) is 1. The van der Waals surface area contributed by atoms with Crippen LogP contribution in [0.3, 0.4) is 0 Å². The molecule has 2 aromatic carbocycles. The average Bonchev–Trinajstić information content (AvgIpc) is 2.90. The van der Waals surface area contributed by atoms with E-state index in [0.717, 1.165) is 36.3 Å². The number of hydrogen-bond acceptors (Lipinski definition) is 3. The first-order chi connectivity index (χ1) is 10.5. The minimum Gasteiger partial charge on any atom is -0.367 e. The van der Waals surface area contributed by atoms with E-state index in [0.29, 0.717) is 11.1 Å². The Morgan fingerprint density at radius 2 is 1.59 bits per heavy atom. The van der Waals surface area contributed by atoms with Crippen LogP contribution in [0.1, 0.15) is 31.8 Å². The summed E-state index contributed by atoms with van der Waals surface area (Å²) in [4.78, 5) is 24.6. The van der Waals surface area contributed by atoms with Crippen LogP contribution < -0.4 is 16.4 Å². The molecular weight excluding hydrogens is 278 g/mol. The van der Waals surface area contributed by atoms with E-state index in [9.17, 15) is 9.59 Å². The molecule has 0 aliphatic carbocycles. The molecule has 0 saturated carbocycles. The Morgan fingerprint density at radius 3 is 2.23 bits per heavy atom. The highest BCUT2D eigenvalue weighted by Crippen LogP contribution is 2.30. The number of hydrogen-bond donors (Lipinski definition) is 2. The molecule has 4 N–H and O–H groups in total. The van der Waals surface area contributed by atoms with Crippen LogP contribution >= 0.6 is 0 Å². The highest BCUT2D eigenvalue weighted by atomic mass is 16.1. The van der Waals surface area contributed by atoms with E-state index >= 15 is 0 Å². The first-order valence-corrected chi connectivity index (χ1v) is 7.11. The molecule has 2 amide bonds. The predicted octanol–water partition coefficient (Wildman–Crippen LogP) is 1.45. The predicted molar refractivity (Wildman–Crippen MR) is 84.7 cm³/mol. The summed E-state index contributed by atoms with van der Waals surface area (Å²) in [5.41, 5.74) is 15.0. The van der Waals surface area contributed by atoms with Crippen molar-refractivity contribution in [1.82, 2.24) is 0 Å². The van der Waals surface area contributed by atoms with Crippen LogP contribution in [0, 0.1) is 0 Å². The normalized spacial score (nSPS) is 13.0. The van der Waals surface area contributed by atoms with Crippen molar-refractivity contribution in [1.29, 1.82) is 0 Å². The minimum absolute atomic E-state index is 0.400. The molecule has 0 radical (unpaired) electrons. The third-order valence-corrected chi connectivity index (χ3v) is 3.97. The summed E-state index contributed by atoms with van der Waals surface area (Å²) in [7, 11) is 0. The molecule has 112 valence electrons. The largest absolute Gasteiger partial charge is 0.367 e. The van der Waals surface area contributed by atoms with Crippen LogP contribution in [0.2, 0.25) is 0 Å². The molecule has 0 bridgehead atoms. The van der Waals surface area contributed by atoms with Gasteiger partial charge in [0.15, 0.2) is 0 Å². The number of carbonyl (C=O) groups excluding carboxylic acids is 2. The second-order valence-corrected chi connectivity index (χ2v) is 5.44. The molecule has 0 fully saturated rings. The molecule has 3 rings (SSSR count). The van der Waals surface area contributed by atoms with Gasteiger partial charge in [0, 0.05) is 29.9 Å². The summed E-state index contributed by atoms with van der Waals surface area (Å²) in [6.45, 7) is 1.65. The summed E-state index contributed by atoms with van der Waals surface area (Å²) in [6.07, 6.45) is 0.899. The second kappa shape index (κ2) is 5.52. The number of benzene rings is 2. The lowest BCUT2D eigenvalue weighted by atomic mass is 10.1. The zero-order valence-electron chi connectivity index (χ0n) is 12.1. The number of fused-ring (bicyclic) bond motifs is 1. The molecule has 0 atom stereocenters. The van der Waals surface area contributed by atoms with Gasteiger partial charge in [0.05, 0.1) is 0 Å². The number of nitrogens with two attached hydrogens (primary N) is 2. The monoisotopic (exact) mass is 295 g/mol. The lowest BCUT2D eigenvalue weighted by molar-refractivity contribution is 0.0992. The standard InChI is InChI=1S/C17H17N3O2/c18-16(21)12-3-1-11(2-4-12)10-20-8-7-13-9-14(17(19)22)5-6-15(13)20/h1-6,9H,7-8,10H2,(H2,18,21)(H2,19,22). The van der Waals surface area contributed by atoms with Gasteiger partial charge < -0.3 is 16.4 Å². The van der Waals surface area contributed by atoms with E-state index in [-0.39, 0.29) is 0 Å². The van der Waals surface area contributed by atoms with E-state index in [4.69, 9.17) is 11.5 Å². The Labute approximate surface area is 128 Å². The Bertz CT molecular complexity index is 738. The molecule has 22 heavy (non-hydrogen) atoms. The van der Waals surface area contributed by atoms with E-state index in [1.54, 1.807) is 18.2 Å². The fourth-order valence-electron chi connectivity index (χ4n) is 2.78. The zero-order valence-corrected chi connectivity index (χ0v) is 12.1. The molecule has 1 aliphatic heterocycles. The summed E-state index contributed by atoms with van der Waals surface area (Å²) in [6, 6.07) is 12.9. The third kappa shape index (κ3) is 2.65. The highest BCUT2D eigenvalue weighted by molar-refractivity contribution is 5.94. The van der Waals surface area contributed by atoms with Crippen LogP contribution in [-0.2, 0) is 13.0 Å². The van der Waals surface area contributed by atoms with Crippen LogP contribution in [-0.4, -0.2) is 18.4 Å². The van der Waals surface area contributed by atoms with Crippen molar-refractivity contribution in [3.05, 3.63) is 64.7 Å². The molecule has 1 aliphatic rings. The molecule has 0 saturated heterocycles. The molecule has 0 spiro atoms. The van der Waals surface area contributed by atoms with Gasteiger partial charge in [0.25, 0.3) is 0 Å².